The summed E-state index contributed by atoms with van der Waals surface area (Å²) in [6, 6.07) is 9.50. The number of unbranched alkanes of at least 4 members (excludes halogenated alkanes) is 1. The van der Waals surface area contributed by atoms with Crippen LogP contribution in [0.15, 0.2) is 48.0 Å². The number of aryl methyl sites for hydroxylation is 1. The fraction of sp³-hybridized carbons (Fsp3) is 0.541. The molecule has 1 aromatic carbocycles. The number of carbonyl (C=O) groups is 1. The first kappa shape index (κ1) is 36.8. The maximum atomic E-state index is 14.0. The Labute approximate surface area is 273 Å². The van der Waals surface area contributed by atoms with Gasteiger partial charge in [-0.15, -0.1) is 0 Å². The van der Waals surface area contributed by atoms with Crippen molar-refractivity contribution in [3.8, 4) is 0 Å². The lowest BCUT2D eigenvalue weighted by Gasteiger charge is -2.21. The maximum Gasteiger partial charge on any atom is 0.477 e. The summed E-state index contributed by atoms with van der Waals surface area (Å²) in [5.41, 5.74) is 3.48. The van der Waals surface area contributed by atoms with E-state index in [2.05, 4.69) is 53.3 Å². The lowest BCUT2D eigenvalue weighted by atomic mass is 9.96. The quantitative estimate of drug-likeness (QED) is 0.177. The third-order valence-corrected chi connectivity index (χ3v) is 8.49. The second-order valence-corrected chi connectivity index (χ2v) is 12.2. The van der Waals surface area contributed by atoms with E-state index in [-0.39, 0.29) is 35.8 Å². The minimum Gasteiger partial charge on any atom is -0.500 e. The van der Waals surface area contributed by atoms with Crippen molar-refractivity contribution < 1.29 is 27.3 Å². The van der Waals surface area contributed by atoms with Crippen LogP contribution in [0.2, 0.25) is 0 Å². The number of nitrogens with one attached hydrogen (secondary N) is 1. The van der Waals surface area contributed by atoms with Crippen LogP contribution >= 0.6 is 0 Å². The molecule has 1 N–H and O–H groups in total. The summed E-state index contributed by atoms with van der Waals surface area (Å²) in [6.07, 6.45) is 6.86. The van der Waals surface area contributed by atoms with E-state index in [4.69, 9.17) is 4.74 Å². The van der Waals surface area contributed by atoms with Crippen LogP contribution in [0.5, 0.6) is 0 Å². The predicted octanol–water partition coefficient (Wildman–Crippen LogP) is 9.65. The number of allylic oxidation sites excluding steroid dienone is 2. The number of rotatable bonds is 8. The highest BCUT2D eigenvalue weighted by Crippen LogP contribution is 2.38. The lowest BCUT2D eigenvalue weighted by molar-refractivity contribution is -0.504. The van der Waals surface area contributed by atoms with Gasteiger partial charge >= 0.3 is 6.18 Å². The molecule has 9 heteroatoms. The molecule has 2 aliphatic heterocycles. The molecule has 2 aromatic rings. The first-order valence-corrected chi connectivity index (χ1v) is 16.7. The Balaban J connectivity index is 0.000000737. The summed E-state index contributed by atoms with van der Waals surface area (Å²) in [4.78, 5) is 19.6. The molecule has 1 aromatic heterocycles. The molecule has 0 radical (unpaired) electrons. The van der Waals surface area contributed by atoms with E-state index in [1.54, 1.807) is 13.0 Å². The lowest BCUT2D eigenvalue weighted by Crippen LogP contribution is -2.37. The third kappa shape index (κ3) is 9.23. The topological polar surface area (TPSA) is 57.5 Å². The number of hydrogen-bond acceptors (Lipinski definition) is 5. The number of hydrogen-bond donors (Lipinski definition) is 1. The van der Waals surface area contributed by atoms with Gasteiger partial charge in [-0.2, -0.15) is 13.2 Å². The van der Waals surface area contributed by atoms with Gasteiger partial charge in [0.05, 0.1) is 30.6 Å². The molecule has 3 heterocycles. The standard InChI is InChI=1S/C30H36F3N4O2.C5H10.C2H6/c1-18(2)20-11-12-22-24(17-20)37(5)27(35-22)10-8-7-9-25(38)21-15-19(3)34-23(16-21)28-26(39-6)13-14-36(4)29(28)30(31,32)33;1-2-4-5-3-1;1-2/h10-12,15-18,35H,7-9,13-14H2,1-6H3;1-5H2;1-2H3/q+1;;/b27-10-;;. The van der Waals surface area contributed by atoms with E-state index in [0.29, 0.717) is 36.4 Å². The molecule has 0 unspecified atom stereocenters. The first-order chi connectivity index (χ1) is 21.9. The highest BCUT2D eigenvalue weighted by Gasteiger charge is 2.49. The zero-order chi connectivity index (χ0) is 34.0. The van der Waals surface area contributed by atoms with Gasteiger partial charge in [0.1, 0.15) is 30.7 Å². The molecule has 6 nitrogen and oxygen atoms in total. The highest BCUT2D eigenvalue weighted by molar-refractivity contribution is 6.24. The van der Waals surface area contributed by atoms with Crippen molar-refractivity contribution in [2.75, 3.05) is 38.0 Å². The summed E-state index contributed by atoms with van der Waals surface area (Å²) in [5, 5.41) is 3.43. The van der Waals surface area contributed by atoms with Crippen LogP contribution in [-0.4, -0.2) is 55.0 Å². The van der Waals surface area contributed by atoms with E-state index in [1.807, 2.05) is 20.9 Å². The van der Waals surface area contributed by atoms with E-state index >= 15 is 0 Å². The van der Waals surface area contributed by atoms with Crippen molar-refractivity contribution in [1.82, 2.24) is 4.98 Å². The number of carbonyl (C=O) groups excluding carboxylic acids is 1. The minimum absolute atomic E-state index is 0.100. The summed E-state index contributed by atoms with van der Waals surface area (Å²) in [5.74, 6) is 1.50. The zero-order valence-electron chi connectivity index (χ0n) is 28.9. The number of fused-ring (bicyclic) bond motifs is 1. The summed E-state index contributed by atoms with van der Waals surface area (Å²) >= 11 is 0. The first-order valence-electron chi connectivity index (χ1n) is 16.7. The Bertz CT molecular complexity index is 1450. The normalized spacial score (nSPS) is 17.0. The Morgan fingerprint density at radius 2 is 1.76 bits per heavy atom. The average Bonchev–Trinajstić information content (AvgIpc) is 3.71. The van der Waals surface area contributed by atoms with Crippen molar-refractivity contribution in [1.29, 1.82) is 0 Å². The Morgan fingerprint density at radius 1 is 1.11 bits per heavy atom. The highest BCUT2D eigenvalue weighted by atomic mass is 19.4. The predicted molar refractivity (Wildman–Crippen MR) is 183 cm³/mol. The molecule has 1 fully saturated rings. The largest absolute Gasteiger partial charge is 0.500 e. The maximum absolute atomic E-state index is 14.0. The molecule has 0 bridgehead atoms. The number of methoxy groups -OCH3 is 1. The number of Topliss-reactive ketones (excluding diaryl/α,β-unsaturated/α-hetero) is 1. The monoisotopic (exact) mass is 641 g/mol. The van der Waals surface area contributed by atoms with Crippen molar-refractivity contribution in [3.63, 3.8) is 0 Å². The van der Waals surface area contributed by atoms with E-state index < -0.39 is 11.9 Å². The van der Waals surface area contributed by atoms with E-state index in [0.717, 1.165) is 17.2 Å². The Kier molecular flexibility index (Phi) is 13.5. The molecular weight excluding hydrogens is 589 g/mol. The Hall–Kier alpha value is -3.62. The second-order valence-electron chi connectivity index (χ2n) is 12.2. The van der Waals surface area contributed by atoms with Gasteiger partial charge in [0, 0.05) is 24.7 Å². The molecule has 5 rings (SSSR count). The van der Waals surface area contributed by atoms with Crippen molar-refractivity contribution in [2.24, 2.45) is 0 Å². The number of halogens is 3. The number of aromatic nitrogens is 1. The Morgan fingerprint density at radius 3 is 2.35 bits per heavy atom. The third-order valence-electron chi connectivity index (χ3n) is 8.49. The number of benzene rings is 1. The number of ketones is 1. The fourth-order valence-electron chi connectivity index (χ4n) is 5.97. The van der Waals surface area contributed by atoms with Crippen LogP contribution in [0.3, 0.4) is 0 Å². The van der Waals surface area contributed by atoms with Crippen molar-refractivity contribution >= 4 is 28.4 Å². The molecule has 46 heavy (non-hydrogen) atoms. The number of pyridine rings is 1. The molecular formula is C37H52F3N4O2+. The molecule has 1 saturated carbocycles. The average molecular weight is 642 g/mol. The molecule has 0 saturated heterocycles. The van der Waals surface area contributed by atoms with Gasteiger partial charge in [0.2, 0.25) is 0 Å². The van der Waals surface area contributed by atoms with Gasteiger partial charge in [-0.3, -0.25) is 9.78 Å². The molecule has 252 valence electrons. The SMILES string of the molecule is C1CCCC1.CC.COC1=C(c2cc(C(=O)CCC/C=C3/Nc4ccc(C(C)C)cc4N3C)cc(C)n2)C(C(F)(F)F)=[N+](C)CC1. The van der Waals surface area contributed by atoms with Crippen molar-refractivity contribution in [2.45, 2.75) is 105 Å². The summed E-state index contributed by atoms with van der Waals surface area (Å²) in [7, 11) is 4.78. The number of ether oxygens (including phenoxy) is 1. The van der Waals surface area contributed by atoms with Gasteiger partial charge in [-0.05, 0) is 61.6 Å². The van der Waals surface area contributed by atoms with Gasteiger partial charge < -0.3 is 15.0 Å². The van der Waals surface area contributed by atoms with E-state index in [9.17, 15) is 18.0 Å². The van der Waals surface area contributed by atoms with Gasteiger partial charge in [0.15, 0.2) is 5.78 Å². The van der Waals surface area contributed by atoms with Crippen LogP contribution in [0, 0.1) is 6.92 Å². The van der Waals surface area contributed by atoms with Crippen LogP contribution < -0.4 is 10.2 Å². The minimum atomic E-state index is -4.59. The van der Waals surface area contributed by atoms with Crippen LogP contribution in [0.4, 0.5) is 24.5 Å². The van der Waals surface area contributed by atoms with E-state index in [1.165, 1.54) is 62.5 Å². The van der Waals surface area contributed by atoms with Gasteiger partial charge in [-0.25, -0.2) is 4.58 Å². The van der Waals surface area contributed by atoms with Gasteiger partial charge in [-0.1, -0.05) is 65.9 Å². The van der Waals surface area contributed by atoms with Crippen molar-refractivity contribution in [3.05, 3.63) is 70.5 Å². The van der Waals surface area contributed by atoms with Crippen LogP contribution in [-0.2, 0) is 4.74 Å². The fourth-order valence-corrected chi connectivity index (χ4v) is 5.97. The molecule has 0 atom stereocenters. The van der Waals surface area contributed by atoms with Crippen LogP contribution in [0.25, 0.3) is 5.57 Å². The summed E-state index contributed by atoms with van der Waals surface area (Å²) < 4.78 is 48.6. The van der Waals surface area contributed by atoms with Crippen LogP contribution in [0.1, 0.15) is 119 Å². The van der Waals surface area contributed by atoms with Gasteiger partial charge in [0.25, 0.3) is 5.71 Å². The smallest absolute Gasteiger partial charge is 0.477 e. The summed E-state index contributed by atoms with van der Waals surface area (Å²) in [6.45, 7) is 10.2. The molecule has 1 aliphatic carbocycles. The number of nitrogens with zero attached hydrogens (tertiary/aromatic N) is 3. The number of alkyl halides is 3. The molecule has 0 amide bonds. The second kappa shape index (κ2) is 16.8. The number of anilines is 2. The molecule has 0 spiro atoms. The zero-order valence-corrected chi connectivity index (χ0v) is 28.9. The molecule has 3 aliphatic rings.